The summed E-state index contributed by atoms with van der Waals surface area (Å²) in [5, 5.41) is 2.80. The van der Waals surface area contributed by atoms with Gasteiger partial charge in [0.1, 0.15) is 0 Å². The third kappa shape index (κ3) is 3.37. The lowest BCUT2D eigenvalue weighted by molar-refractivity contribution is 0.102. The molecule has 1 N–H and O–H groups in total. The van der Waals surface area contributed by atoms with Gasteiger partial charge in [0.15, 0.2) is 16.8 Å². The molecule has 1 aliphatic heterocycles. The van der Waals surface area contributed by atoms with E-state index < -0.39 is 27.6 Å². The highest BCUT2D eigenvalue weighted by Gasteiger charge is 2.28. The minimum absolute atomic E-state index is 0.119. The largest absolute Gasteiger partial charge is 0.298 e. The van der Waals surface area contributed by atoms with E-state index in [-0.39, 0.29) is 16.4 Å². The van der Waals surface area contributed by atoms with Gasteiger partial charge < -0.3 is 0 Å². The number of hydrogen-bond donors (Lipinski definition) is 1. The van der Waals surface area contributed by atoms with Crippen LogP contribution in [0.25, 0.3) is 10.2 Å². The smallest absolute Gasteiger partial charge is 0.257 e. The summed E-state index contributed by atoms with van der Waals surface area (Å²) >= 11 is 1.03. The molecule has 0 bridgehead atoms. The van der Waals surface area contributed by atoms with E-state index in [2.05, 4.69) is 10.3 Å². The molecule has 0 unspecified atom stereocenters. The second kappa shape index (κ2) is 6.54. The first-order valence-corrected chi connectivity index (χ1v) is 10.4. The van der Waals surface area contributed by atoms with E-state index in [9.17, 15) is 22.0 Å². The Morgan fingerprint density at radius 2 is 1.85 bits per heavy atom. The predicted octanol–water partition coefficient (Wildman–Crippen LogP) is 3.37. The fraction of sp³-hybridized carbons (Fsp3) is 0.176. The molecular formula is C17H13F2N3O3S2. The Labute approximate surface area is 157 Å². The number of carbonyl (C=O) groups is 1. The SMILES string of the molecule is O=C(Nc1nc2cc(F)c(F)cc2s1)c1ccc(N2CCCS2(=O)=O)cc1. The molecule has 140 valence electrons. The molecule has 2 aromatic carbocycles. The van der Waals surface area contributed by atoms with Gasteiger partial charge in [-0.25, -0.2) is 22.2 Å². The first-order chi connectivity index (χ1) is 12.8. The topological polar surface area (TPSA) is 79.4 Å². The first kappa shape index (κ1) is 17.8. The van der Waals surface area contributed by atoms with Crippen LogP contribution in [0.3, 0.4) is 0 Å². The van der Waals surface area contributed by atoms with Gasteiger partial charge >= 0.3 is 0 Å². The quantitative estimate of drug-likeness (QED) is 0.719. The van der Waals surface area contributed by atoms with Crippen molar-refractivity contribution in [1.29, 1.82) is 0 Å². The van der Waals surface area contributed by atoms with Gasteiger partial charge in [-0.2, -0.15) is 0 Å². The maximum Gasteiger partial charge on any atom is 0.257 e. The second-order valence-corrected chi connectivity index (χ2v) is 9.04. The fourth-order valence-corrected chi connectivity index (χ4v) is 5.29. The Morgan fingerprint density at radius 3 is 2.52 bits per heavy atom. The van der Waals surface area contributed by atoms with E-state index in [1.165, 1.54) is 16.4 Å². The van der Waals surface area contributed by atoms with E-state index >= 15 is 0 Å². The number of anilines is 2. The van der Waals surface area contributed by atoms with Crippen molar-refractivity contribution in [3.8, 4) is 0 Å². The van der Waals surface area contributed by atoms with Crippen molar-refractivity contribution in [3.05, 3.63) is 53.6 Å². The second-order valence-electron chi connectivity index (χ2n) is 6.00. The number of amides is 1. The fourth-order valence-electron chi connectivity index (χ4n) is 2.85. The van der Waals surface area contributed by atoms with Crippen molar-refractivity contribution in [2.75, 3.05) is 21.9 Å². The Bertz CT molecular complexity index is 1110. The van der Waals surface area contributed by atoms with E-state index in [0.717, 1.165) is 23.5 Å². The molecule has 2 heterocycles. The molecule has 0 atom stereocenters. The number of carbonyl (C=O) groups excluding carboxylic acids is 1. The molecule has 27 heavy (non-hydrogen) atoms. The highest BCUT2D eigenvalue weighted by molar-refractivity contribution is 7.93. The van der Waals surface area contributed by atoms with Crippen LogP contribution < -0.4 is 9.62 Å². The number of halogens is 2. The molecule has 1 aromatic heterocycles. The van der Waals surface area contributed by atoms with Crippen LogP contribution in [-0.4, -0.2) is 31.6 Å². The van der Waals surface area contributed by atoms with Crippen molar-refractivity contribution in [2.24, 2.45) is 0 Å². The van der Waals surface area contributed by atoms with E-state index in [0.29, 0.717) is 28.9 Å². The van der Waals surface area contributed by atoms with Gasteiger partial charge in [-0.15, -0.1) is 0 Å². The summed E-state index contributed by atoms with van der Waals surface area (Å²) in [6.07, 6.45) is 0.573. The summed E-state index contributed by atoms with van der Waals surface area (Å²) in [4.78, 5) is 16.4. The molecule has 1 aliphatic rings. The Morgan fingerprint density at radius 1 is 1.15 bits per heavy atom. The highest BCUT2D eigenvalue weighted by Crippen LogP contribution is 2.28. The van der Waals surface area contributed by atoms with Gasteiger partial charge in [0.05, 0.1) is 21.7 Å². The molecule has 1 amide bonds. The number of sulfonamides is 1. The van der Waals surface area contributed by atoms with Crippen LogP contribution in [0.2, 0.25) is 0 Å². The molecule has 1 saturated heterocycles. The third-order valence-electron chi connectivity index (χ3n) is 4.17. The van der Waals surface area contributed by atoms with Crippen molar-refractivity contribution in [1.82, 2.24) is 4.98 Å². The summed E-state index contributed by atoms with van der Waals surface area (Å²) in [5.74, 6) is -2.31. The molecule has 4 rings (SSSR count). The number of rotatable bonds is 3. The zero-order valence-corrected chi connectivity index (χ0v) is 15.4. The Kier molecular flexibility index (Phi) is 4.31. The summed E-state index contributed by atoms with van der Waals surface area (Å²) in [5.41, 5.74) is 1.07. The number of aromatic nitrogens is 1. The standard InChI is InChI=1S/C17H13F2N3O3S2/c18-12-8-14-15(9-13(12)19)26-17(20-14)21-16(23)10-2-4-11(5-3-10)22-6-1-7-27(22,24)25/h2-5,8-9H,1,6-7H2,(H,20,21,23). The lowest BCUT2D eigenvalue weighted by Crippen LogP contribution is -2.25. The Hall–Kier alpha value is -2.59. The molecule has 0 saturated carbocycles. The molecule has 1 fully saturated rings. The van der Waals surface area contributed by atoms with Crippen LogP contribution >= 0.6 is 11.3 Å². The van der Waals surface area contributed by atoms with Crippen LogP contribution in [0.4, 0.5) is 19.6 Å². The number of nitrogens with one attached hydrogen (secondary N) is 1. The average molecular weight is 409 g/mol. The minimum Gasteiger partial charge on any atom is -0.298 e. The molecule has 0 spiro atoms. The van der Waals surface area contributed by atoms with Crippen LogP contribution in [0.15, 0.2) is 36.4 Å². The van der Waals surface area contributed by atoms with Gasteiger partial charge in [-0.05, 0) is 36.8 Å². The Balaban J connectivity index is 1.53. The monoisotopic (exact) mass is 409 g/mol. The minimum atomic E-state index is -3.28. The summed E-state index contributed by atoms with van der Waals surface area (Å²) in [6, 6.07) is 8.18. The maximum atomic E-state index is 13.3. The van der Waals surface area contributed by atoms with Crippen molar-refractivity contribution >= 4 is 48.3 Å². The van der Waals surface area contributed by atoms with Crippen molar-refractivity contribution in [2.45, 2.75) is 6.42 Å². The van der Waals surface area contributed by atoms with Gasteiger partial charge in [0.25, 0.3) is 5.91 Å². The number of benzene rings is 2. The maximum absolute atomic E-state index is 13.3. The molecule has 6 nitrogen and oxygen atoms in total. The zero-order chi connectivity index (χ0) is 19.2. The lowest BCUT2D eigenvalue weighted by atomic mass is 10.2. The number of fused-ring (bicyclic) bond motifs is 1. The van der Waals surface area contributed by atoms with E-state index in [1.54, 1.807) is 12.1 Å². The average Bonchev–Trinajstić information content (AvgIpc) is 3.17. The van der Waals surface area contributed by atoms with Crippen molar-refractivity contribution < 1.29 is 22.0 Å². The number of nitrogens with zero attached hydrogens (tertiary/aromatic N) is 2. The predicted molar refractivity (Wildman–Crippen MR) is 99.7 cm³/mol. The van der Waals surface area contributed by atoms with Crippen LogP contribution in [0.1, 0.15) is 16.8 Å². The van der Waals surface area contributed by atoms with Gasteiger partial charge in [-0.3, -0.25) is 14.4 Å². The molecule has 3 aromatic rings. The highest BCUT2D eigenvalue weighted by atomic mass is 32.2. The van der Waals surface area contributed by atoms with Gasteiger partial charge in [-0.1, -0.05) is 11.3 Å². The van der Waals surface area contributed by atoms with E-state index in [1.807, 2.05) is 0 Å². The van der Waals surface area contributed by atoms with E-state index in [4.69, 9.17) is 0 Å². The summed E-state index contributed by atoms with van der Waals surface area (Å²) in [6.45, 7) is 0.423. The zero-order valence-electron chi connectivity index (χ0n) is 13.8. The normalized spacial score (nSPS) is 16.0. The lowest BCUT2D eigenvalue weighted by Gasteiger charge is -2.16. The summed E-state index contributed by atoms with van der Waals surface area (Å²) in [7, 11) is -3.28. The van der Waals surface area contributed by atoms with Gasteiger partial charge in [0, 0.05) is 18.2 Å². The van der Waals surface area contributed by atoms with Crippen molar-refractivity contribution in [3.63, 3.8) is 0 Å². The molecule has 10 heteroatoms. The third-order valence-corrected chi connectivity index (χ3v) is 6.97. The first-order valence-electron chi connectivity index (χ1n) is 8.01. The summed E-state index contributed by atoms with van der Waals surface area (Å²) < 4.78 is 52.2. The molecule has 0 aliphatic carbocycles. The molecular weight excluding hydrogens is 396 g/mol. The molecule has 0 radical (unpaired) electrons. The van der Waals surface area contributed by atoms with Crippen LogP contribution in [0.5, 0.6) is 0 Å². The van der Waals surface area contributed by atoms with Crippen LogP contribution in [0, 0.1) is 11.6 Å². The number of thiazole rings is 1. The number of hydrogen-bond acceptors (Lipinski definition) is 5. The van der Waals surface area contributed by atoms with Crippen LogP contribution in [-0.2, 0) is 10.0 Å². The van der Waals surface area contributed by atoms with Gasteiger partial charge in [0.2, 0.25) is 10.0 Å².